The van der Waals surface area contributed by atoms with Crippen molar-refractivity contribution in [2.24, 2.45) is 5.73 Å². The Bertz CT molecular complexity index is 336. The van der Waals surface area contributed by atoms with Gasteiger partial charge in [0.1, 0.15) is 12.4 Å². The molecule has 4 heteroatoms. The highest BCUT2D eigenvalue weighted by molar-refractivity contribution is 5.92. The van der Waals surface area contributed by atoms with Crippen LogP contribution in [0.15, 0.2) is 24.3 Å². The molecule has 1 amide bonds. The number of carbonyl (C=O) groups excluding carboxylic acids is 1. The lowest BCUT2D eigenvalue weighted by atomic mass is 10.2. The Balaban J connectivity index is 2.21. The van der Waals surface area contributed by atoms with Crippen molar-refractivity contribution in [2.75, 3.05) is 19.7 Å². The summed E-state index contributed by atoms with van der Waals surface area (Å²) in [6.07, 6.45) is 2.38. The summed E-state index contributed by atoms with van der Waals surface area (Å²) in [4.78, 5) is 10.8. The lowest BCUT2D eigenvalue weighted by Crippen LogP contribution is -2.22. The van der Waals surface area contributed by atoms with Crippen LogP contribution in [0.3, 0.4) is 0 Å². The molecule has 94 valence electrons. The number of hydrogen-bond acceptors (Lipinski definition) is 3. The van der Waals surface area contributed by atoms with Crippen molar-refractivity contribution in [2.45, 2.75) is 19.8 Å². The Labute approximate surface area is 102 Å². The quantitative estimate of drug-likeness (QED) is 0.673. The molecular weight excluding hydrogens is 216 g/mol. The van der Waals surface area contributed by atoms with Crippen LogP contribution < -0.4 is 15.8 Å². The van der Waals surface area contributed by atoms with Gasteiger partial charge in [-0.3, -0.25) is 4.79 Å². The molecule has 0 bridgehead atoms. The van der Waals surface area contributed by atoms with Gasteiger partial charge in [0.25, 0.3) is 0 Å². The number of amides is 1. The molecule has 0 atom stereocenters. The molecule has 0 aliphatic heterocycles. The molecule has 0 saturated heterocycles. The minimum Gasteiger partial charge on any atom is -0.492 e. The molecule has 0 unspecified atom stereocenters. The standard InChI is InChI=1S/C13H20N2O2/c1-2-3-8-15-9-10-17-12-6-4-11(5-7-12)13(14)16/h4-7,15H,2-3,8-10H2,1H3,(H2,14,16). The maximum Gasteiger partial charge on any atom is 0.248 e. The number of unbranched alkanes of at least 4 members (excludes halogenated alkanes) is 1. The van der Waals surface area contributed by atoms with Crippen molar-refractivity contribution < 1.29 is 9.53 Å². The third-order valence-electron chi connectivity index (χ3n) is 2.39. The zero-order valence-corrected chi connectivity index (χ0v) is 10.2. The van der Waals surface area contributed by atoms with Crippen LogP contribution in [0.25, 0.3) is 0 Å². The molecule has 0 aliphatic rings. The smallest absolute Gasteiger partial charge is 0.248 e. The highest BCUT2D eigenvalue weighted by Gasteiger charge is 1.99. The number of primary amides is 1. The minimum absolute atomic E-state index is 0.419. The first-order valence-electron chi connectivity index (χ1n) is 5.97. The van der Waals surface area contributed by atoms with Crippen LogP contribution in [0.2, 0.25) is 0 Å². The van der Waals surface area contributed by atoms with Crippen LogP contribution >= 0.6 is 0 Å². The maximum atomic E-state index is 10.8. The Hall–Kier alpha value is -1.55. The molecule has 17 heavy (non-hydrogen) atoms. The van der Waals surface area contributed by atoms with Crippen molar-refractivity contribution in [1.29, 1.82) is 0 Å². The number of carbonyl (C=O) groups is 1. The molecule has 3 N–H and O–H groups in total. The van der Waals surface area contributed by atoms with E-state index in [1.807, 2.05) is 0 Å². The topological polar surface area (TPSA) is 64.3 Å². The van der Waals surface area contributed by atoms with Crippen LogP contribution in [-0.4, -0.2) is 25.6 Å². The van der Waals surface area contributed by atoms with Gasteiger partial charge in [-0.15, -0.1) is 0 Å². The van der Waals surface area contributed by atoms with E-state index in [4.69, 9.17) is 10.5 Å². The van der Waals surface area contributed by atoms with Gasteiger partial charge in [-0.2, -0.15) is 0 Å². The number of hydrogen-bond donors (Lipinski definition) is 2. The van der Waals surface area contributed by atoms with Crippen molar-refractivity contribution in [3.8, 4) is 5.75 Å². The van der Waals surface area contributed by atoms with Crippen LogP contribution in [0.4, 0.5) is 0 Å². The lowest BCUT2D eigenvalue weighted by molar-refractivity contribution is 0.100. The van der Waals surface area contributed by atoms with Crippen LogP contribution in [-0.2, 0) is 0 Å². The molecule has 0 saturated carbocycles. The molecule has 0 spiro atoms. The summed E-state index contributed by atoms with van der Waals surface area (Å²) in [5.74, 6) is 0.338. The Kier molecular flexibility index (Phi) is 6.10. The van der Waals surface area contributed by atoms with Gasteiger partial charge < -0.3 is 15.8 Å². The number of benzene rings is 1. The van der Waals surface area contributed by atoms with Crippen molar-refractivity contribution in [3.63, 3.8) is 0 Å². The van der Waals surface area contributed by atoms with Crippen molar-refractivity contribution in [3.05, 3.63) is 29.8 Å². The van der Waals surface area contributed by atoms with E-state index in [-0.39, 0.29) is 0 Å². The first-order valence-corrected chi connectivity index (χ1v) is 5.97. The van der Waals surface area contributed by atoms with Gasteiger partial charge in [0.15, 0.2) is 0 Å². The average Bonchev–Trinajstić information content (AvgIpc) is 2.34. The van der Waals surface area contributed by atoms with Gasteiger partial charge in [-0.1, -0.05) is 13.3 Å². The number of ether oxygens (including phenoxy) is 1. The molecule has 0 heterocycles. The van der Waals surface area contributed by atoms with Crippen molar-refractivity contribution >= 4 is 5.91 Å². The first kappa shape index (κ1) is 13.5. The molecule has 4 nitrogen and oxygen atoms in total. The summed E-state index contributed by atoms with van der Waals surface area (Å²) >= 11 is 0. The molecule has 1 rings (SSSR count). The van der Waals surface area contributed by atoms with E-state index in [0.29, 0.717) is 12.2 Å². The second-order valence-corrected chi connectivity index (χ2v) is 3.84. The van der Waals surface area contributed by atoms with Gasteiger partial charge in [-0.25, -0.2) is 0 Å². The largest absolute Gasteiger partial charge is 0.492 e. The Morgan fingerprint density at radius 3 is 2.59 bits per heavy atom. The Morgan fingerprint density at radius 1 is 1.29 bits per heavy atom. The fraction of sp³-hybridized carbons (Fsp3) is 0.462. The lowest BCUT2D eigenvalue weighted by Gasteiger charge is -2.07. The fourth-order valence-corrected chi connectivity index (χ4v) is 1.38. The van der Waals surface area contributed by atoms with Gasteiger partial charge in [0, 0.05) is 12.1 Å². The highest BCUT2D eigenvalue weighted by Crippen LogP contribution is 2.11. The third kappa shape index (κ3) is 5.36. The zero-order chi connectivity index (χ0) is 12.5. The maximum absolute atomic E-state index is 10.8. The minimum atomic E-state index is -0.419. The highest BCUT2D eigenvalue weighted by atomic mass is 16.5. The molecule has 0 aromatic heterocycles. The Morgan fingerprint density at radius 2 is 2.00 bits per heavy atom. The molecule has 1 aromatic rings. The number of rotatable bonds is 8. The number of nitrogens with one attached hydrogen (secondary N) is 1. The first-order chi connectivity index (χ1) is 8.24. The molecule has 0 radical (unpaired) electrons. The second-order valence-electron chi connectivity index (χ2n) is 3.84. The second kappa shape index (κ2) is 7.68. The van der Waals surface area contributed by atoms with E-state index in [1.54, 1.807) is 24.3 Å². The summed E-state index contributed by atoms with van der Waals surface area (Å²) in [6.45, 7) is 4.65. The van der Waals surface area contributed by atoms with E-state index >= 15 is 0 Å². The van der Waals surface area contributed by atoms with E-state index in [9.17, 15) is 4.79 Å². The third-order valence-corrected chi connectivity index (χ3v) is 2.39. The predicted octanol–water partition coefficient (Wildman–Crippen LogP) is 1.55. The summed E-state index contributed by atoms with van der Waals surface area (Å²) in [6, 6.07) is 6.85. The normalized spacial score (nSPS) is 10.2. The summed E-state index contributed by atoms with van der Waals surface area (Å²) in [7, 11) is 0. The molecule has 1 aromatic carbocycles. The van der Waals surface area contributed by atoms with Crippen LogP contribution in [0.5, 0.6) is 5.75 Å². The van der Waals surface area contributed by atoms with Gasteiger partial charge in [0.05, 0.1) is 0 Å². The van der Waals surface area contributed by atoms with Crippen LogP contribution in [0, 0.1) is 0 Å². The average molecular weight is 236 g/mol. The van der Waals surface area contributed by atoms with E-state index in [0.717, 1.165) is 18.8 Å². The molecular formula is C13H20N2O2. The van der Waals surface area contributed by atoms with Crippen molar-refractivity contribution in [1.82, 2.24) is 5.32 Å². The SMILES string of the molecule is CCCCNCCOc1ccc(C(N)=O)cc1. The summed E-state index contributed by atoms with van der Waals surface area (Å²) in [5.41, 5.74) is 5.64. The fourth-order valence-electron chi connectivity index (χ4n) is 1.38. The van der Waals surface area contributed by atoms with Gasteiger partial charge in [0.2, 0.25) is 5.91 Å². The van der Waals surface area contributed by atoms with E-state index in [1.165, 1.54) is 12.8 Å². The molecule has 0 aliphatic carbocycles. The van der Waals surface area contributed by atoms with Gasteiger partial charge >= 0.3 is 0 Å². The molecule has 0 fully saturated rings. The summed E-state index contributed by atoms with van der Waals surface area (Å²) < 4.78 is 5.51. The van der Waals surface area contributed by atoms with E-state index < -0.39 is 5.91 Å². The van der Waals surface area contributed by atoms with Gasteiger partial charge in [-0.05, 0) is 37.2 Å². The number of nitrogens with two attached hydrogens (primary N) is 1. The van der Waals surface area contributed by atoms with Crippen LogP contribution in [0.1, 0.15) is 30.1 Å². The predicted molar refractivity (Wildman–Crippen MR) is 68.2 cm³/mol. The zero-order valence-electron chi connectivity index (χ0n) is 10.2. The monoisotopic (exact) mass is 236 g/mol. The summed E-state index contributed by atoms with van der Waals surface area (Å²) in [5, 5.41) is 3.29. The van der Waals surface area contributed by atoms with E-state index in [2.05, 4.69) is 12.2 Å².